The molecule has 5 heteroatoms. The van der Waals surface area contributed by atoms with E-state index in [1.165, 1.54) is 24.8 Å². The maximum atomic E-state index is 12.2. The van der Waals surface area contributed by atoms with Crippen molar-refractivity contribution in [2.75, 3.05) is 23.7 Å². The van der Waals surface area contributed by atoms with E-state index in [2.05, 4.69) is 22.0 Å². The fourth-order valence-electron chi connectivity index (χ4n) is 2.88. The Bertz CT molecular complexity index is 622. The lowest BCUT2D eigenvalue weighted by Gasteiger charge is -2.19. The second-order valence-corrected chi connectivity index (χ2v) is 5.78. The van der Waals surface area contributed by atoms with Crippen molar-refractivity contribution in [3.8, 4) is 0 Å². The summed E-state index contributed by atoms with van der Waals surface area (Å²) in [7, 11) is 0. The van der Waals surface area contributed by atoms with Crippen molar-refractivity contribution < 1.29 is 9.59 Å². The topological polar surface area (TPSA) is 70.2 Å². The third-order valence-electron chi connectivity index (χ3n) is 4.11. The quantitative estimate of drug-likeness (QED) is 0.749. The molecule has 0 radical (unpaired) electrons. The van der Waals surface area contributed by atoms with E-state index < -0.39 is 0 Å². The number of hydrogen-bond acceptors (Lipinski definition) is 3. The Morgan fingerprint density at radius 2 is 2.14 bits per heavy atom. The molecule has 22 heavy (non-hydrogen) atoms. The molecule has 1 aliphatic carbocycles. The van der Waals surface area contributed by atoms with Crippen molar-refractivity contribution in [2.24, 2.45) is 0 Å². The van der Waals surface area contributed by atoms with Gasteiger partial charge in [-0.15, -0.1) is 0 Å². The summed E-state index contributed by atoms with van der Waals surface area (Å²) >= 11 is 0. The Labute approximate surface area is 130 Å². The summed E-state index contributed by atoms with van der Waals surface area (Å²) in [6, 6.07) is 5.32. The molecule has 2 amide bonds. The zero-order valence-corrected chi connectivity index (χ0v) is 12.6. The molecule has 0 aromatic heterocycles. The number of carbonyl (C=O) groups is 2. The number of hydrogen-bond donors (Lipinski definition) is 3. The molecule has 0 saturated carbocycles. The van der Waals surface area contributed by atoms with Gasteiger partial charge in [0.15, 0.2) is 0 Å². The van der Waals surface area contributed by atoms with Gasteiger partial charge in [0.1, 0.15) is 0 Å². The SMILES string of the molecule is O=C1CNc2ccc(C(=O)NCCC3=CCCCC3)cc2N1. The van der Waals surface area contributed by atoms with E-state index in [4.69, 9.17) is 0 Å². The molecule has 0 saturated heterocycles. The first-order valence-electron chi connectivity index (χ1n) is 7.86. The zero-order chi connectivity index (χ0) is 15.4. The molecule has 3 rings (SSSR count). The van der Waals surface area contributed by atoms with Crippen molar-refractivity contribution in [3.63, 3.8) is 0 Å². The van der Waals surface area contributed by atoms with E-state index in [1.54, 1.807) is 12.1 Å². The molecule has 0 spiro atoms. The molecular weight excluding hydrogens is 278 g/mol. The highest BCUT2D eigenvalue weighted by atomic mass is 16.2. The Kier molecular flexibility index (Phi) is 4.42. The van der Waals surface area contributed by atoms with Crippen LogP contribution in [0.1, 0.15) is 42.5 Å². The molecule has 5 nitrogen and oxygen atoms in total. The predicted octanol–water partition coefficient (Wildman–Crippen LogP) is 2.67. The molecule has 0 bridgehead atoms. The van der Waals surface area contributed by atoms with Crippen LogP contribution in [0, 0.1) is 0 Å². The Morgan fingerprint density at radius 3 is 2.95 bits per heavy atom. The molecule has 1 aromatic carbocycles. The maximum absolute atomic E-state index is 12.2. The molecule has 0 fully saturated rings. The molecule has 1 aliphatic heterocycles. The maximum Gasteiger partial charge on any atom is 0.251 e. The molecular formula is C17H21N3O2. The van der Waals surface area contributed by atoms with Crippen LogP contribution < -0.4 is 16.0 Å². The number of rotatable bonds is 4. The number of anilines is 2. The molecule has 116 valence electrons. The number of carbonyl (C=O) groups excluding carboxylic acids is 2. The summed E-state index contributed by atoms with van der Waals surface area (Å²) in [5.41, 5.74) is 3.54. The van der Waals surface area contributed by atoms with Crippen molar-refractivity contribution in [1.29, 1.82) is 0 Å². The standard InChI is InChI=1S/C17H21N3O2/c21-16-11-19-14-7-6-13(10-15(14)20-16)17(22)18-9-8-12-4-2-1-3-5-12/h4,6-7,10,19H,1-3,5,8-9,11H2,(H,18,22)(H,20,21). The van der Waals surface area contributed by atoms with Crippen LogP contribution in [-0.2, 0) is 4.79 Å². The zero-order valence-electron chi connectivity index (χ0n) is 12.6. The van der Waals surface area contributed by atoms with Crippen molar-refractivity contribution in [1.82, 2.24) is 5.32 Å². The van der Waals surface area contributed by atoms with E-state index in [0.29, 0.717) is 17.8 Å². The summed E-state index contributed by atoms with van der Waals surface area (Å²) in [4.78, 5) is 23.6. The van der Waals surface area contributed by atoms with Gasteiger partial charge in [-0.25, -0.2) is 0 Å². The first-order chi connectivity index (χ1) is 10.7. The van der Waals surface area contributed by atoms with Gasteiger partial charge in [-0.1, -0.05) is 11.6 Å². The molecule has 0 unspecified atom stereocenters. The highest BCUT2D eigenvalue weighted by Gasteiger charge is 2.16. The highest BCUT2D eigenvalue weighted by Crippen LogP contribution is 2.25. The first kappa shape index (κ1) is 14.6. The van der Waals surface area contributed by atoms with Gasteiger partial charge in [0.2, 0.25) is 5.91 Å². The average Bonchev–Trinajstić information content (AvgIpc) is 2.55. The summed E-state index contributed by atoms with van der Waals surface area (Å²) < 4.78 is 0. The average molecular weight is 299 g/mol. The van der Waals surface area contributed by atoms with E-state index >= 15 is 0 Å². The predicted molar refractivity (Wildman–Crippen MR) is 87.1 cm³/mol. The largest absolute Gasteiger partial charge is 0.374 e. The fourth-order valence-corrected chi connectivity index (χ4v) is 2.88. The highest BCUT2D eigenvalue weighted by molar-refractivity contribution is 6.03. The molecule has 3 N–H and O–H groups in total. The van der Waals surface area contributed by atoms with Gasteiger partial charge in [0, 0.05) is 12.1 Å². The summed E-state index contributed by atoms with van der Waals surface area (Å²) in [6.07, 6.45) is 8.10. The smallest absolute Gasteiger partial charge is 0.251 e. The minimum absolute atomic E-state index is 0.0886. The van der Waals surface area contributed by atoms with Crippen LogP contribution in [0.15, 0.2) is 29.8 Å². The molecule has 1 aromatic rings. The monoisotopic (exact) mass is 299 g/mol. The summed E-state index contributed by atoms with van der Waals surface area (Å²) in [5, 5.41) is 8.74. The van der Waals surface area contributed by atoms with Gasteiger partial charge in [-0.2, -0.15) is 0 Å². The van der Waals surface area contributed by atoms with Crippen LogP contribution in [-0.4, -0.2) is 24.9 Å². The number of benzene rings is 1. The normalized spacial score (nSPS) is 16.9. The van der Waals surface area contributed by atoms with E-state index in [9.17, 15) is 9.59 Å². The Balaban J connectivity index is 1.57. The minimum atomic E-state index is -0.0981. The van der Waals surface area contributed by atoms with Crippen LogP contribution >= 0.6 is 0 Å². The van der Waals surface area contributed by atoms with Crippen LogP contribution in [0.5, 0.6) is 0 Å². The lowest BCUT2D eigenvalue weighted by atomic mass is 9.97. The van der Waals surface area contributed by atoms with Crippen LogP contribution in [0.3, 0.4) is 0 Å². The van der Waals surface area contributed by atoms with E-state index in [0.717, 1.165) is 18.5 Å². The summed E-state index contributed by atoms with van der Waals surface area (Å²) in [6.45, 7) is 0.931. The van der Waals surface area contributed by atoms with Gasteiger partial charge >= 0.3 is 0 Å². The van der Waals surface area contributed by atoms with Crippen LogP contribution in [0.2, 0.25) is 0 Å². The minimum Gasteiger partial charge on any atom is -0.374 e. The molecule has 1 heterocycles. The van der Waals surface area contributed by atoms with Gasteiger partial charge in [0.25, 0.3) is 5.91 Å². The van der Waals surface area contributed by atoms with Gasteiger partial charge < -0.3 is 16.0 Å². The van der Waals surface area contributed by atoms with Gasteiger partial charge in [-0.3, -0.25) is 9.59 Å². The Hall–Kier alpha value is -2.30. The first-order valence-corrected chi connectivity index (χ1v) is 7.86. The van der Waals surface area contributed by atoms with Crippen LogP contribution in [0.4, 0.5) is 11.4 Å². The lowest BCUT2D eigenvalue weighted by molar-refractivity contribution is -0.114. The van der Waals surface area contributed by atoms with E-state index in [-0.39, 0.29) is 18.4 Å². The third kappa shape index (κ3) is 3.47. The van der Waals surface area contributed by atoms with Crippen molar-refractivity contribution >= 4 is 23.2 Å². The Morgan fingerprint density at radius 1 is 1.23 bits per heavy atom. The second-order valence-electron chi connectivity index (χ2n) is 5.78. The van der Waals surface area contributed by atoms with Crippen LogP contribution in [0.25, 0.3) is 0 Å². The number of amides is 2. The van der Waals surface area contributed by atoms with Gasteiger partial charge in [0.05, 0.1) is 17.9 Å². The number of fused-ring (bicyclic) bond motifs is 1. The third-order valence-corrected chi connectivity index (χ3v) is 4.11. The second kappa shape index (κ2) is 6.64. The van der Waals surface area contributed by atoms with Crippen molar-refractivity contribution in [2.45, 2.75) is 32.1 Å². The van der Waals surface area contributed by atoms with Crippen molar-refractivity contribution in [3.05, 3.63) is 35.4 Å². The fraction of sp³-hybridized carbons (Fsp3) is 0.412. The molecule has 0 atom stereocenters. The van der Waals surface area contributed by atoms with E-state index in [1.807, 2.05) is 6.07 Å². The number of allylic oxidation sites excluding steroid dienone is 1. The van der Waals surface area contributed by atoms with Gasteiger partial charge in [-0.05, 0) is 50.3 Å². The number of nitrogens with one attached hydrogen (secondary N) is 3. The summed E-state index contributed by atoms with van der Waals surface area (Å²) in [5.74, 6) is -0.187. The molecule has 2 aliphatic rings. The lowest BCUT2D eigenvalue weighted by Crippen LogP contribution is -2.28.